The number of phenols is 1. The number of aliphatic hydroxyl groups excluding tert-OH is 1. The largest absolute Gasteiger partial charge is 0.508 e. The number of anilines is 1. The summed E-state index contributed by atoms with van der Waals surface area (Å²) in [6.45, 7) is 1.16. The number of carbonyl (C=O) groups excluding carboxylic acids is 1. The first kappa shape index (κ1) is 20.5. The molecule has 1 amide bonds. The second kappa shape index (κ2) is 10.4. The van der Waals surface area contributed by atoms with Crippen molar-refractivity contribution in [3.8, 4) is 5.75 Å². The Labute approximate surface area is 170 Å². The molecule has 0 radical (unpaired) electrons. The molecule has 0 aliphatic heterocycles. The van der Waals surface area contributed by atoms with Crippen molar-refractivity contribution in [2.75, 3.05) is 18.4 Å². The molecular weight excluding hydrogens is 366 g/mol. The van der Waals surface area contributed by atoms with Crippen molar-refractivity contribution in [1.82, 2.24) is 10.3 Å². The third kappa shape index (κ3) is 6.71. The molecular formula is C23H25N3O3. The molecule has 1 heterocycles. The van der Waals surface area contributed by atoms with Crippen molar-refractivity contribution >= 4 is 11.6 Å². The standard InChI is InChI=1S/C23H25N3O3/c27-21-10-6-18(7-11-21)22(28)16-24-14-12-17-4-8-19(9-5-17)26-23(29)15-20-3-1-2-13-25-20/h1-11,13,22,24,27-28H,12,14-16H2,(H,26,29). The van der Waals surface area contributed by atoms with Gasteiger partial charge in [0.1, 0.15) is 5.75 Å². The molecule has 29 heavy (non-hydrogen) atoms. The fourth-order valence-corrected chi connectivity index (χ4v) is 2.91. The first-order valence-electron chi connectivity index (χ1n) is 9.56. The molecule has 3 rings (SSSR count). The first-order valence-corrected chi connectivity index (χ1v) is 9.56. The number of pyridine rings is 1. The molecule has 0 aliphatic carbocycles. The summed E-state index contributed by atoms with van der Waals surface area (Å²) >= 11 is 0. The minimum atomic E-state index is -0.618. The van der Waals surface area contributed by atoms with E-state index in [4.69, 9.17) is 0 Å². The molecule has 0 spiro atoms. The third-order valence-corrected chi connectivity index (χ3v) is 4.51. The summed E-state index contributed by atoms with van der Waals surface area (Å²) in [6, 6.07) is 19.8. The second-order valence-corrected chi connectivity index (χ2v) is 6.80. The van der Waals surface area contributed by atoms with Crippen molar-refractivity contribution < 1.29 is 15.0 Å². The number of nitrogens with one attached hydrogen (secondary N) is 2. The van der Waals surface area contributed by atoms with E-state index < -0.39 is 6.10 Å². The van der Waals surface area contributed by atoms with Gasteiger partial charge in [0.15, 0.2) is 0 Å². The predicted molar refractivity (Wildman–Crippen MR) is 113 cm³/mol. The van der Waals surface area contributed by atoms with Gasteiger partial charge >= 0.3 is 0 Å². The number of nitrogens with zero attached hydrogens (tertiary/aromatic N) is 1. The van der Waals surface area contributed by atoms with Gasteiger partial charge in [-0.15, -0.1) is 0 Å². The second-order valence-electron chi connectivity index (χ2n) is 6.80. The van der Waals surface area contributed by atoms with Crippen LogP contribution in [0.1, 0.15) is 22.9 Å². The molecule has 0 aliphatic rings. The Morgan fingerprint density at radius 2 is 1.76 bits per heavy atom. The lowest BCUT2D eigenvalue weighted by Gasteiger charge is -2.12. The van der Waals surface area contributed by atoms with Crippen LogP contribution in [-0.4, -0.2) is 34.2 Å². The molecule has 6 nitrogen and oxygen atoms in total. The zero-order chi connectivity index (χ0) is 20.5. The summed E-state index contributed by atoms with van der Waals surface area (Å²) in [5.74, 6) is 0.0895. The smallest absolute Gasteiger partial charge is 0.230 e. The molecule has 0 saturated carbocycles. The lowest BCUT2D eigenvalue weighted by Crippen LogP contribution is -2.23. The molecule has 0 saturated heterocycles. The summed E-state index contributed by atoms with van der Waals surface area (Å²) in [5, 5.41) is 25.5. The maximum Gasteiger partial charge on any atom is 0.230 e. The van der Waals surface area contributed by atoms with Crippen LogP contribution in [0.15, 0.2) is 72.9 Å². The SMILES string of the molecule is O=C(Cc1ccccn1)Nc1ccc(CCNCC(O)c2ccc(O)cc2)cc1. The van der Waals surface area contributed by atoms with Crippen molar-refractivity contribution in [2.45, 2.75) is 18.9 Å². The number of phenolic OH excluding ortho intramolecular Hbond substituents is 1. The Kier molecular flexibility index (Phi) is 7.33. The van der Waals surface area contributed by atoms with Crippen molar-refractivity contribution in [3.63, 3.8) is 0 Å². The maximum absolute atomic E-state index is 12.1. The Bertz CT molecular complexity index is 897. The number of hydrogen-bond donors (Lipinski definition) is 4. The van der Waals surface area contributed by atoms with E-state index in [1.165, 1.54) is 0 Å². The number of benzene rings is 2. The number of aromatic nitrogens is 1. The topological polar surface area (TPSA) is 94.5 Å². The lowest BCUT2D eigenvalue weighted by molar-refractivity contribution is -0.115. The van der Waals surface area contributed by atoms with Crippen LogP contribution in [-0.2, 0) is 17.6 Å². The van der Waals surface area contributed by atoms with Gasteiger partial charge in [0, 0.05) is 24.1 Å². The number of rotatable bonds is 9. The summed E-state index contributed by atoms with van der Waals surface area (Å²) in [4.78, 5) is 16.2. The van der Waals surface area contributed by atoms with E-state index in [0.29, 0.717) is 6.54 Å². The maximum atomic E-state index is 12.1. The molecule has 1 atom stereocenters. The molecule has 6 heteroatoms. The Morgan fingerprint density at radius 1 is 1.00 bits per heavy atom. The highest BCUT2D eigenvalue weighted by Crippen LogP contribution is 2.16. The zero-order valence-electron chi connectivity index (χ0n) is 16.1. The predicted octanol–water partition coefficient (Wildman–Crippen LogP) is 2.83. The quantitative estimate of drug-likeness (QED) is 0.421. The van der Waals surface area contributed by atoms with Gasteiger partial charge in [0.05, 0.1) is 12.5 Å². The Balaban J connectivity index is 1.39. The molecule has 1 unspecified atom stereocenters. The zero-order valence-corrected chi connectivity index (χ0v) is 16.1. The minimum Gasteiger partial charge on any atom is -0.508 e. The third-order valence-electron chi connectivity index (χ3n) is 4.51. The van der Waals surface area contributed by atoms with E-state index in [1.54, 1.807) is 30.5 Å². The number of amides is 1. The fourth-order valence-electron chi connectivity index (χ4n) is 2.91. The highest BCUT2D eigenvalue weighted by atomic mass is 16.3. The molecule has 0 fully saturated rings. The molecule has 3 aromatic rings. The average molecular weight is 391 g/mol. The monoisotopic (exact) mass is 391 g/mol. The first-order chi connectivity index (χ1) is 14.1. The van der Waals surface area contributed by atoms with Gasteiger partial charge in [-0.1, -0.05) is 30.3 Å². The normalized spacial score (nSPS) is 11.8. The van der Waals surface area contributed by atoms with Crippen LogP contribution in [0.4, 0.5) is 5.69 Å². The van der Waals surface area contributed by atoms with Crippen molar-refractivity contribution in [2.24, 2.45) is 0 Å². The van der Waals surface area contributed by atoms with Crippen LogP contribution in [0.5, 0.6) is 5.75 Å². The highest BCUT2D eigenvalue weighted by Gasteiger charge is 2.07. The number of aromatic hydroxyl groups is 1. The molecule has 4 N–H and O–H groups in total. The number of aliphatic hydroxyl groups is 1. The summed E-state index contributed by atoms with van der Waals surface area (Å²) in [5.41, 5.74) is 3.40. The van der Waals surface area contributed by atoms with Crippen molar-refractivity contribution in [3.05, 3.63) is 89.7 Å². The van der Waals surface area contributed by atoms with Crippen LogP contribution in [0.2, 0.25) is 0 Å². The van der Waals surface area contributed by atoms with Crippen LogP contribution < -0.4 is 10.6 Å². The van der Waals surface area contributed by atoms with E-state index >= 15 is 0 Å². The average Bonchev–Trinajstić information content (AvgIpc) is 2.73. The molecule has 2 aromatic carbocycles. The van der Waals surface area contributed by atoms with Crippen LogP contribution in [0.3, 0.4) is 0 Å². The van der Waals surface area contributed by atoms with Gasteiger partial charge in [0.25, 0.3) is 0 Å². The number of hydrogen-bond acceptors (Lipinski definition) is 5. The molecule has 0 bridgehead atoms. The summed E-state index contributed by atoms with van der Waals surface area (Å²) < 4.78 is 0. The van der Waals surface area contributed by atoms with E-state index in [0.717, 1.165) is 35.5 Å². The highest BCUT2D eigenvalue weighted by molar-refractivity contribution is 5.91. The van der Waals surface area contributed by atoms with Gasteiger partial charge < -0.3 is 20.8 Å². The van der Waals surface area contributed by atoms with Crippen LogP contribution in [0.25, 0.3) is 0 Å². The van der Waals surface area contributed by atoms with Crippen LogP contribution >= 0.6 is 0 Å². The van der Waals surface area contributed by atoms with Gasteiger partial charge in [0.2, 0.25) is 5.91 Å². The van der Waals surface area contributed by atoms with E-state index in [-0.39, 0.29) is 18.1 Å². The Hall–Kier alpha value is -3.22. The van der Waals surface area contributed by atoms with Crippen LogP contribution in [0, 0.1) is 0 Å². The molecule has 150 valence electrons. The van der Waals surface area contributed by atoms with E-state index in [9.17, 15) is 15.0 Å². The van der Waals surface area contributed by atoms with E-state index in [2.05, 4.69) is 15.6 Å². The minimum absolute atomic E-state index is 0.0960. The Morgan fingerprint density at radius 3 is 2.45 bits per heavy atom. The number of carbonyl (C=O) groups is 1. The molecule has 1 aromatic heterocycles. The fraction of sp³-hybridized carbons (Fsp3) is 0.217. The van der Waals surface area contributed by atoms with E-state index in [1.807, 2.05) is 42.5 Å². The summed E-state index contributed by atoms with van der Waals surface area (Å²) in [6.07, 6.45) is 2.11. The van der Waals surface area contributed by atoms with Crippen molar-refractivity contribution in [1.29, 1.82) is 0 Å². The van der Waals surface area contributed by atoms with Gasteiger partial charge in [-0.2, -0.15) is 0 Å². The van der Waals surface area contributed by atoms with Gasteiger partial charge in [-0.05, 0) is 60.5 Å². The van der Waals surface area contributed by atoms with Gasteiger partial charge in [-0.3, -0.25) is 9.78 Å². The lowest BCUT2D eigenvalue weighted by atomic mass is 10.1. The summed E-state index contributed by atoms with van der Waals surface area (Å²) in [7, 11) is 0. The van der Waals surface area contributed by atoms with Gasteiger partial charge in [-0.25, -0.2) is 0 Å².